The van der Waals surface area contributed by atoms with Gasteiger partial charge in [-0.15, -0.1) is 0 Å². The van der Waals surface area contributed by atoms with Crippen molar-refractivity contribution in [2.24, 2.45) is 16.3 Å². The highest BCUT2D eigenvalue weighted by Crippen LogP contribution is 2.43. The first-order valence-corrected chi connectivity index (χ1v) is 4.88. The van der Waals surface area contributed by atoms with E-state index in [0.29, 0.717) is 5.41 Å². The first-order valence-electron chi connectivity index (χ1n) is 4.88. The fourth-order valence-electron chi connectivity index (χ4n) is 2.35. The van der Waals surface area contributed by atoms with E-state index in [2.05, 4.69) is 31.0 Å². The fraction of sp³-hybridized carbons (Fsp3) is 0.727. The molecule has 2 rings (SSSR count). The van der Waals surface area contributed by atoms with Crippen LogP contribution in [0.4, 0.5) is 0 Å². The Morgan fingerprint density at radius 3 is 3.25 bits per heavy atom. The van der Waals surface area contributed by atoms with Crippen LogP contribution in [0.5, 0.6) is 0 Å². The van der Waals surface area contributed by atoms with Gasteiger partial charge in [-0.25, -0.2) is 0 Å². The van der Waals surface area contributed by atoms with Gasteiger partial charge < -0.3 is 0 Å². The van der Waals surface area contributed by atoms with Crippen LogP contribution in [0.15, 0.2) is 17.1 Å². The Labute approximate surface area is 74.6 Å². The minimum atomic E-state index is 0.488. The van der Waals surface area contributed by atoms with E-state index >= 15 is 0 Å². The Kier molecular flexibility index (Phi) is 1.82. The lowest BCUT2D eigenvalue weighted by atomic mass is 9.86. The van der Waals surface area contributed by atoms with Gasteiger partial charge in [-0.2, -0.15) is 0 Å². The number of aliphatic imine (C=N–C) groups is 1. The van der Waals surface area contributed by atoms with Crippen LogP contribution in [0.3, 0.4) is 0 Å². The van der Waals surface area contributed by atoms with Crippen molar-refractivity contribution >= 4 is 5.71 Å². The van der Waals surface area contributed by atoms with Crippen molar-refractivity contribution in [3.8, 4) is 0 Å². The maximum atomic E-state index is 4.52. The molecule has 2 aliphatic rings. The molecule has 1 saturated carbocycles. The summed E-state index contributed by atoms with van der Waals surface area (Å²) in [6.07, 6.45) is 8.64. The molecule has 2 bridgehead atoms. The van der Waals surface area contributed by atoms with E-state index in [9.17, 15) is 0 Å². The molecule has 1 aliphatic heterocycles. The maximum Gasteiger partial charge on any atom is 0.0421 e. The molecule has 0 spiro atoms. The predicted molar refractivity (Wildman–Crippen MR) is 52.6 cm³/mol. The van der Waals surface area contributed by atoms with Crippen LogP contribution in [0, 0.1) is 11.3 Å². The normalized spacial score (nSPS) is 40.5. The van der Waals surface area contributed by atoms with Gasteiger partial charge >= 0.3 is 0 Å². The Hall–Kier alpha value is -0.590. The Morgan fingerprint density at radius 2 is 2.42 bits per heavy atom. The molecule has 0 aromatic rings. The fourth-order valence-corrected chi connectivity index (χ4v) is 2.35. The lowest BCUT2D eigenvalue weighted by Crippen LogP contribution is -2.12. The molecular formula is C11H17N. The van der Waals surface area contributed by atoms with E-state index in [4.69, 9.17) is 0 Å². The zero-order valence-corrected chi connectivity index (χ0v) is 8.01. The van der Waals surface area contributed by atoms with E-state index in [0.717, 1.165) is 12.5 Å². The third-order valence-electron chi connectivity index (χ3n) is 3.20. The predicted octanol–water partition coefficient (Wildman–Crippen LogP) is 2.82. The molecule has 66 valence electrons. The topological polar surface area (TPSA) is 12.4 Å². The summed E-state index contributed by atoms with van der Waals surface area (Å²) in [5.41, 5.74) is 1.69. The molecule has 0 aromatic carbocycles. The average molecular weight is 163 g/mol. The molecule has 0 saturated heterocycles. The van der Waals surface area contributed by atoms with Crippen LogP contribution in [0.2, 0.25) is 0 Å². The van der Waals surface area contributed by atoms with Gasteiger partial charge in [-0.3, -0.25) is 4.99 Å². The van der Waals surface area contributed by atoms with E-state index in [1.54, 1.807) is 0 Å². The zero-order chi connectivity index (χ0) is 8.60. The second kappa shape index (κ2) is 2.72. The van der Waals surface area contributed by atoms with Gasteiger partial charge in [0.1, 0.15) is 0 Å². The summed E-state index contributed by atoms with van der Waals surface area (Å²) in [4.78, 5) is 4.52. The van der Waals surface area contributed by atoms with Crippen molar-refractivity contribution in [2.45, 2.75) is 33.1 Å². The zero-order valence-electron chi connectivity index (χ0n) is 8.01. The molecule has 12 heavy (non-hydrogen) atoms. The number of allylic oxidation sites excluding steroid dienone is 2. The minimum Gasteiger partial charge on any atom is -0.290 e. The smallest absolute Gasteiger partial charge is 0.0421 e. The molecule has 1 unspecified atom stereocenters. The highest BCUT2D eigenvalue weighted by atomic mass is 14.7. The summed E-state index contributed by atoms with van der Waals surface area (Å²) in [5, 5.41) is 0. The van der Waals surface area contributed by atoms with Gasteiger partial charge in [0.05, 0.1) is 0 Å². The summed E-state index contributed by atoms with van der Waals surface area (Å²) >= 11 is 0. The maximum absolute atomic E-state index is 4.52. The van der Waals surface area contributed by atoms with Crippen molar-refractivity contribution < 1.29 is 0 Å². The average Bonchev–Trinajstić information content (AvgIpc) is 2.41. The van der Waals surface area contributed by atoms with E-state index in [-0.39, 0.29) is 0 Å². The second-order valence-corrected chi connectivity index (χ2v) is 4.58. The SMILES string of the molecule is CC1=NCC2CC[C@](C)(C=C1)C2. The number of fused-ring (bicyclic) bond motifs is 2. The summed E-state index contributed by atoms with van der Waals surface area (Å²) in [7, 11) is 0. The Bertz CT molecular complexity index is 239. The van der Waals surface area contributed by atoms with E-state index in [1.165, 1.54) is 25.0 Å². The molecule has 0 radical (unpaired) electrons. The van der Waals surface area contributed by atoms with Gasteiger partial charge in [-0.1, -0.05) is 13.0 Å². The standard InChI is InChI=1S/C11H17N/c1-9-3-5-11(2)6-4-10(7-11)8-12-9/h3,5,10H,4,6-8H2,1-2H3/t10?,11-/m0/s1. The van der Waals surface area contributed by atoms with Crippen molar-refractivity contribution in [3.63, 3.8) is 0 Å². The van der Waals surface area contributed by atoms with Crippen LogP contribution in [-0.2, 0) is 0 Å². The number of hydrogen-bond donors (Lipinski definition) is 0. The quantitative estimate of drug-likeness (QED) is 0.520. The van der Waals surface area contributed by atoms with Crippen molar-refractivity contribution in [1.29, 1.82) is 0 Å². The van der Waals surface area contributed by atoms with Gasteiger partial charge in [0.2, 0.25) is 0 Å². The molecule has 0 N–H and O–H groups in total. The van der Waals surface area contributed by atoms with Crippen LogP contribution in [0.1, 0.15) is 33.1 Å². The third-order valence-corrected chi connectivity index (χ3v) is 3.20. The first-order chi connectivity index (χ1) is 5.68. The Balaban J connectivity index is 2.25. The van der Waals surface area contributed by atoms with Gasteiger partial charge in [0.15, 0.2) is 0 Å². The summed E-state index contributed by atoms with van der Waals surface area (Å²) < 4.78 is 0. The van der Waals surface area contributed by atoms with Crippen molar-refractivity contribution in [1.82, 2.24) is 0 Å². The largest absolute Gasteiger partial charge is 0.290 e. The highest BCUT2D eigenvalue weighted by molar-refractivity contribution is 5.92. The summed E-state index contributed by atoms with van der Waals surface area (Å²) in [5.74, 6) is 0.856. The monoisotopic (exact) mass is 163 g/mol. The summed E-state index contributed by atoms with van der Waals surface area (Å²) in [6.45, 7) is 5.54. The molecular weight excluding hydrogens is 146 g/mol. The highest BCUT2D eigenvalue weighted by Gasteiger charge is 2.33. The van der Waals surface area contributed by atoms with Crippen molar-refractivity contribution in [3.05, 3.63) is 12.2 Å². The van der Waals surface area contributed by atoms with Crippen LogP contribution >= 0.6 is 0 Å². The number of hydrogen-bond acceptors (Lipinski definition) is 1. The van der Waals surface area contributed by atoms with Crippen molar-refractivity contribution in [2.75, 3.05) is 6.54 Å². The molecule has 1 heterocycles. The third kappa shape index (κ3) is 1.45. The molecule has 0 amide bonds. The van der Waals surface area contributed by atoms with E-state index in [1.807, 2.05) is 0 Å². The molecule has 0 aromatic heterocycles. The Morgan fingerprint density at radius 1 is 1.58 bits per heavy atom. The number of rotatable bonds is 0. The van der Waals surface area contributed by atoms with Crippen LogP contribution in [-0.4, -0.2) is 12.3 Å². The first kappa shape index (κ1) is 8.03. The molecule has 1 heteroatoms. The molecule has 2 atom stereocenters. The summed E-state index contributed by atoms with van der Waals surface area (Å²) in [6, 6.07) is 0. The van der Waals surface area contributed by atoms with Gasteiger partial charge in [0.25, 0.3) is 0 Å². The van der Waals surface area contributed by atoms with Gasteiger partial charge in [-0.05, 0) is 43.6 Å². The molecule has 1 nitrogen and oxygen atoms in total. The number of nitrogens with zero attached hydrogens (tertiary/aromatic N) is 1. The molecule has 1 fully saturated rings. The van der Waals surface area contributed by atoms with Crippen LogP contribution in [0.25, 0.3) is 0 Å². The van der Waals surface area contributed by atoms with Crippen LogP contribution < -0.4 is 0 Å². The lowest BCUT2D eigenvalue weighted by Gasteiger charge is -2.20. The minimum absolute atomic E-state index is 0.488. The van der Waals surface area contributed by atoms with Gasteiger partial charge in [0, 0.05) is 12.3 Å². The molecule has 1 aliphatic carbocycles. The lowest BCUT2D eigenvalue weighted by molar-refractivity contribution is 0.417. The second-order valence-electron chi connectivity index (χ2n) is 4.58. The van der Waals surface area contributed by atoms with E-state index < -0.39 is 0 Å².